The van der Waals surface area contributed by atoms with Crippen LogP contribution in [0.15, 0.2) is 84.0 Å². The van der Waals surface area contributed by atoms with Crippen molar-refractivity contribution in [2.45, 2.75) is 11.8 Å². The van der Waals surface area contributed by atoms with Gasteiger partial charge in [0.2, 0.25) is 10.0 Å². The van der Waals surface area contributed by atoms with E-state index in [0.717, 1.165) is 27.5 Å². The van der Waals surface area contributed by atoms with Gasteiger partial charge in [0.05, 0.1) is 4.90 Å². The number of amides is 1. The molecule has 36 heavy (non-hydrogen) atoms. The molecule has 186 valence electrons. The Morgan fingerprint density at radius 2 is 1.53 bits per heavy atom. The van der Waals surface area contributed by atoms with Gasteiger partial charge in [0.25, 0.3) is 5.91 Å². The van der Waals surface area contributed by atoms with Gasteiger partial charge in [-0.15, -0.1) is 12.4 Å². The van der Waals surface area contributed by atoms with Gasteiger partial charge in [-0.1, -0.05) is 29.8 Å². The van der Waals surface area contributed by atoms with E-state index in [4.69, 9.17) is 11.6 Å². The number of hydrogen-bond acceptors (Lipinski definition) is 4. The van der Waals surface area contributed by atoms with Crippen molar-refractivity contribution in [1.29, 1.82) is 0 Å². The van der Waals surface area contributed by atoms with Gasteiger partial charge in [0.15, 0.2) is 0 Å². The summed E-state index contributed by atoms with van der Waals surface area (Å²) in [5.41, 5.74) is 3.70. The molecule has 1 fully saturated rings. The van der Waals surface area contributed by atoms with Crippen molar-refractivity contribution >= 4 is 50.7 Å². The van der Waals surface area contributed by atoms with E-state index < -0.39 is 10.0 Å². The first-order valence-corrected chi connectivity index (χ1v) is 13.1. The summed E-state index contributed by atoms with van der Waals surface area (Å²) < 4.78 is 28.0. The molecule has 1 aromatic heterocycles. The summed E-state index contributed by atoms with van der Waals surface area (Å²) in [4.78, 5) is 19.2. The maximum atomic E-state index is 13.3. The third-order valence-electron chi connectivity index (χ3n) is 6.40. The number of fused-ring (bicyclic) bond motifs is 1. The Bertz CT molecular complexity index is 1520. The zero-order valence-corrected chi connectivity index (χ0v) is 22.0. The summed E-state index contributed by atoms with van der Waals surface area (Å²) in [5.74, 6) is -0.0889. The largest absolute Gasteiger partial charge is 0.336 e. The van der Waals surface area contributed by atoms with E-state index in [9.17, 15) is 13.2 Å². The number of piperazine rings is 1. The number of aryl methyl sites for hydroxylation is 1. The van der Waals surface area contributed by atoms with Gasteiger partial charge in [-0.2, -0.15) is 4.31 Å². The lowest BCUT2D eigenvalue weighted by Gasteiger charge is -2.34. The average molecular weight is 542 g/mol. The number of sulfonamides is 1. The smallest absolute Gasteiger partial charge is 0.253 e. The lowest BCUT2D eigenvalue weighted by atomic mass is 9.99. The fourth-order valence-electron chi connectivity index (χ4n) is 4.47. The summed E-state index contributed by atoms with van der Waals surface area (Å²) in [6.07, 6.45) is 3.49. The van der Waals surface area contributed by atoms with Gasteiger partial charge >= 0.3 is 0 Å². The molecule has 0 aliphatic carbocycles. The molecule has 0 unspecified atom stereocenters. The van der Waals surface area contributed by atoms with E-state index in [1.54, 1.807) is 41.6 Å². The van der Waals surface area contributed by atoms with Gasteiger partial charge in [0.1, 0.15) is 0 Å². The van der Waals surface area contributed by atoms with E-state index in [0.29, 0.717) is 23.7 Å². The SMILES string of the molecule is Cc1cc(C(=O)N2CCN(S(=O)(=O)c3ccc4cc(Cl)ccc4c3)CC2)ccc1-c1ccncc1.Cl. The fourth-order valence-corrected chi connectivity index (χ4v) is 6.11. The van der Waals surface area contributed by atoms with Crippen LogP contribution in [0.3, 0.4) is 0 Å². The highest BCUT2D eigenvalue weighted by Crippen LogP contribution is 2.27. The second kappa shape index (κ2) is 10.6. The Morgan fingerprint density at radius 3 is 2.22 bits per heavy atom. The minimum absolute atomic E-state index is 0. The van der Waals surface area contributed by atoms with E-state index in [1.165, 1.54) is 4.31 Å². The highest BCUT2D eigenvalue weighted by molar-refractivity contribution is 7.89. The van der Waals surface area contributed by atoms with Crippen LogP contribution in [0, 0.1) is 6.92 Å². The number of benzene rings is 3. The molecular weight excluding hydrogens is 517 g/mol. The molecule has 0 saturated carbocycles. The first kappa shape index (κ1) is 26.1. The number of nitrogens with zero attached hydrogens (tertiary/aromatic N) is 3. The Hall–Kier alpha value is -2.97. The van der Waals surface area contributed by atoms with Crippen molar-refractivity contribution in [3.05, 3.63) is 95.3 Å². The van der Waals surface area contributed by atoms with Crippen LogP contribution in [0.25, 0.3) is 21.9 Å². The zero-order valence-electron chi connectivity index (χ0n) is 19.6. The number of hydrogen-bond donors (Lipinski definition) is 0. The van der Waals surface area contributed by atoms with Gasteiger partial charge in [-0.05, 0) is 82.9 Å². The standard InChI is InChI=1S/C27H24ClN3O3S.ClH/c1-19-16-23(4-7-26(19)20-8-10-29-11-9-20)27(32)30-12-14-31(15-13-30)35(33,34)25-6-3-21-17-24(28)5-2-22(21)18-25;/h2-11,16-18H,12-15H2,1H3;1H. The first-order valence-electron chi connectivity index (χ1n) is 11.3. The molecule has 1 aliphatic rings. The van der Waals surface area contributed by atoms with Crippen molar-refractivity contribution in [1.82, 2.24) is 14.2 Å². The molecule has 0 atom stereocenters. The van der Waals surface area contributed by atoms with Crippen LogP contribution in [-0.4, -0.2) is 54.7 Å². The zero-order chi connectivity index (χ0) is 24.6. The van der Waals surface area contributed by atoms with E-state index in [1.807, 2.05) is 49.4 Å². The van der Waals surface area contributed by atoms with Crippen molar-refractivity contribution < 1.29 is 13.2 Å². The normalized spacial score (nSPS) is 14.4. The topological polar surface area (TPSA) is 70.6 Å². The van der Waals surface area contributed by atoms with Crippen LogP contribution < -0.4 is 0 Å². The Morgan fingerprint density at radius 1 is 0.861 bits per heavy atom. The number of aromatic nitrogens is 1. The molecule has 1 aliphatic heterocycles. The summed E-state index contributed by atoms with van der Waals surface area (Å²) in [7, 11) is -3.66. The minimum Gasteiger partial charge on any atom is -0.336 e. The van der Waals surface area contributed by atoms with Crippen molar-refractivity contribution in [2.75, 3.05) is 26.2 Å². The molecule has 2 heterocycles. The van der Waals surface area contributed by atoms with Crippen LogP contribution >= 0.6 is 24.0 Å². The molecule has 4 aromatic rings. The monoisotopic (exact) mass is 541 g/mol. The Labute approximate surface area is 222 Å². The third kappa shape index (κ3) is 5.11. The maximum absolute atomic E-state index is 13.3. The summed E-state index contributed by atoms with van der Waals surface area (Å²) >= 11 is 6.04. The highest BCUT2D eigenvalue weighted by Gasteiger charge is 2.30. The predicted molar refractivity (Wildman–Crippen MR) is 145 cm³/mol. The van der Waals surface area contributed by atoms with Crippen LogP contribution in [0.4, 0.5) is 0 Å². The number of pyridine rings is 1. The fraction of sp³-hybridized carbons (Fsp3) is 0.185. The molecule has 3 aromatic carbocycles. The molecule has 1 amide bonds. The quantitative estimate of drug-likeness (QED) is 0.345. The van der Waals surface area contributed by atoms with Crippen LogP contribution in [0.2, 0.25) is 5.02 Å². The molecule has 0 bridgehead atoms. The average Bonchev–Trinajstić information content (AvgIpc) is 2.88. The van der Waals surface area contributed by atoms with Gasteiger partial charge < -0.3 is 4.90 Å². The number of halogens is 2. The molecule has 6 nitrogen and oxygen atoms in total. The third-order valence-corrected chi connectivity index (χ3v) is 8.53. The Kier molecular flexibility index (Phi) is 7.66. The van der Waals surface area contributed by atoms with E-state index >= 15 is 0 Å². The van der Waals surface area contributed by atoms with Crippen molar-refractivity contribution in [2.24, 2.45) is 0 Å². The van der Waals surface area contributed by atoms with Crippen LogP contribution in [0.1, 0.15) is 15.9 Å². The lowest BCUT2D eigenvalue weighted by molar-refractivity contribution is 0.0698. The summed E-state index contributed by atoms with van der Waals surface area (Å²) in [6, 6.07) is 20.0. The predicted octanol–water partition coefficient (Wildman–Crippen LogP) is 5.43. The van der Waals surface area contributed by atoms with Crippen LogP contribution in [-0.2, 0) is 10.0 Å². The number of carbonyl (C=O) groups excluding carboxylic acids is 1. The second-order valence-corrected chi connectivity index (χ2v) is 11.0. The first-order chi connectivity index (χ1) is 16.8. The second-order valence-electron chi connectivity index (χ2n) is 8.62. The summed E-state index contributed by atoms with van der Waals surface area (Å²) in [6.45, 7) is 3.16. The maximum Gasteiger partial charge on any atom is 0.253 e. The molecule has 0 spiro atoms. The van der Waals surface area contributed by atoms with Gasteiger partial charge in [0, 0.05) is 49.2 Å². The van der Waals surface area contributed by atoms with E-state index in [-0.39, 0.29) is 36.3 Å². The molecule has 0 N–H and O–H groups in total. The molecular formula is C27H25Cl2N3O3S. The lowest BCUT2D eigenvalue weighted by Crippen LogP contribution is -2.50. The Balaban J connectivity index is 0.00000304. The van der Waals surface area contributed by atoms with Gasteiger partial charge in [-0.3, -0.25) is 9.78 Å². The van der Waals surface area contributed by atoms with Crippen molar-refractivity contribution in [3.8, 4) is 11.1 Å². The van der Waals surface area contributed by atoms with Gasteiger partial charge in [-0.25, -0.2) is 8.42 Å². The summed E-state index contributed by atoms with van der Waals surface area (Å²) in [5, 5.41) is 2.31. The van der Waals surface area contributed by atoms with Crippen LogP contribution in [0.5, 0.6) is 0 Å². The minimum atomic E-state index is -3.66. The van der Waals surface area contributed by atoms with E-state index in [2.05, 4.69) is 4.98 Å². The molecule has 9 heteroatoms. The number of carbonyl (C=O) groups is 1. The molecule has 0 radical (unpaired) electrons. The molecule has 5 rings (SSSR count). The molecule has 1 saturated heterocycles. The number of rotatable bonds is 4. The van der Waals surface area contributed by atoms with Crippen molar-refractivity contribution in [3.63, 3.8) is 0 Å². The highest BCUT2D eigenvalue weighted by atomic mass is 35.5.